The highest BCUT2D eigenvalue weighted by Gasteiger charge is 2.24. The van der Waals surface area contributed by atoms with Gasteiger partial charge in [0.2, 0.25) is 15.0 Å². The smallest absolute Gasteiger partial charge is 0.227 e. The number of ether oxygens (including phenoxy) is 1. The Hall–Kier alpha value is -0.920. The third-order valence-electron chi connectivity index (χ3n) is 4.73. The maximum absolute atomic E-state index is 12.1. The fraction of sp³-hybridized carbons (Fsp3) is 0.812. The van der Waals surface area contributed by atoms with E-state index in [1.165, 1.54) is 31.9 Å². The van der Waals surface area contributed by atoms with Gasteiger partial charge >= 0.3 is 0 Å². The predicted octanol–water partition coefficient (Wildman–Crippen LogP) is 1.84. The highest BCUT2D eigenvalue weighted by atomic mass is 32.2. The molecule has 1 aromatic heterocycles. The van der Waals surface area contributed by atoms with Crippen molar-refractivity contribution in [2.75, 3.05) is 26.0 Å². The number of sulfone groups is 1. The van der Waals surface area contributed by atoms with Gasteiger partial charge in [-0.3, -0.25) is 4.90 Å². The van der Waals surface area contributed by atoms with Crippen LogP contribution in [0.2, 0.25) is 0 Å². The number of imidazole rings is 1. The van der Waals surface area contributed by atoms with Crippen molar-refractivity contribution in [2.45, 2.75) is 62.9 Å². The Labute approximate surface area is 138 Å². The van der Waals surface area contributed by atoms with Crippen molar-refractivity contribution >= 4 is 9.84 Å². The highest BCUT2D eigenvalue weighted by Crippen LogP contribution is 2.21. The molecule has 2 fully saturated rings. The van der Waals surface area contributed by atoms with Crippen LogP contribution in [0.5, 0.6) is 0 Å². The molecule has 6 nitrogen and oxygen atoms in total. The molecule has 3 rings (SSSR count). The third-order valence-corrected chi connectivity index (χ3v) is 5.72. The van der Waals surface area contributed by atoms with E-state index in [-0.39, 0.29) is 11.3 Å². The van der Waals surface area contributed by atoms with Crippen molar-refractivity contribution < 1.29 is 13.2 Å². The van der Waals surface area contributed by atoms with Crippen LogP contribution in [0.15, 0.2) is 11.4 Å². The molecule has 1 atom stereocenters. The minimum atomic E-state index is -3.32. The van der Waals surface area contributed by atoms with Crippen molar-refractivity contribution in [2.24, 2.45) is 0 Å². The van der Waals surface area contributed by atoms with Crippen LogP contribution >= 0.6 is 0 Å². The molecule has 0 radical (unpaired) electrons. The van der Waals surface area contributed by atoms with Gasteiger partial charge in [-0.2, -0.15) is 0 Å². The third kappa shape index (κ3) is 4.33. The van der Waals surface area contributed by atoms with Crippen molar-refractivity contribution in [3.8, 4) is 0 Å². The first-order valence-electron chi connectivity index (χ1n) is 8.62. The SMILES string of the molecule is CS(=O)(=O)c1ncc(CN2CCCCCC2)n1CC1CCCO1. The fourth-order valence-corrected chi connectivity index (χ4v) is 4.36. The zero-order valence-corrected chi connectivity index (χ0v) is 14.7. The summed E-state index contributed by atoms with van der Waals surface area (Å²) in [6, 6.07) is 0. The van der Waals surface area contributed by atoms with Gasteiger partial charge in [-0.05, 0) is 38.8 Å². The molecule has 0 saturated carbocycles. The molecule has 2 aliphatic rings. The lowest BCUT2D eigenvalue weighted by Crippen LogP contribution is -2.27. The number of hydrogen-bond acceptors (Lipinski definition) is 5. The molecule has 0 N–H and O–H groups in total. The van der Waals surface area contributed by atoms with Gasteiger partial charge in [0.05, 0.1) is 24.5 Å². The van der Waals surface area contributed by atoms with Crippen LogP contribution < -0.4 is 0 Å². The summed E-state index contributed by atoms with van der Waals surface area (Å²) in [5.41, 5.74) is 0.989. The molecular weight excluding hydrogens is 314 g/mol. The maximum Gasteiger partial charge on any atom is 0.227 e. The van der Waals surface area contributed by atoms with Gasteiger partial charge in [-0.15, -0.1) is 0 Å². The summed E-state index contributed by atoms with van der Waals surface area (Å²) in [6.45, 7) is 4.30. The number of likely N-dealkylation sites (tertiary alicyclic amines) is 1. The minimum absolute atomic E-state index is 0.104. The van der Waals surface area contributed by atoms with Crippen LogP contribution in [0.3, 0.4) is 0 Å². The summed E-state index contributed by atoms with van der Waals surface area (Å²) in [7, 11) is -3.32. The molecule has 0 aromatic carbocycles. The quantitative estimate of drug-likeness (QED) is 0.818. The topological polar surface area (TPSA) is 64.4 Å². The van der Waals surface area contributed by atoms with Gasteiger partial charge in [-0.1, -0.05) is 12.8 Å². The van der Waals surface area contributed by atoms with Crippen molar-refractivity contribution in [1.82, 2.24) is 14.5 Å². The molecule has 3 heterocycles. The summed E-state index contributed by atoms with van der Waals surface area (Å²) >= 11 is 0. The van der Waals surface area contributed by atoms with Gasteiger partial charge in [0.15, 0.2) is 0 Å². The zero-order valence-electron chi connectivity index (χ0n) is 13.9. The van der Waals surface area contributed by atoms with E-state index in [0.29, 0.717) is 6.54 Å². The molecule has 0 spiro atoms. The van der Waals surface area contributed by atoms with Crippen LogP contribution in [0.4, 0.5) is 0 Å². The molecule has 7 heteroatoms. The fourth-order valence-electron chi connectivity index (χ4n) is 3.52. The lowest BCUT2D eigenvalue weighted by atomic mass is 10.2. The van der Waals surface area contributed by atoms with Gasteiger partial charge in [0.1, 0.15) is 0 Å². The van der Waals surface area contributed by atoms with Gasteiger partial charge < -0.3 is 9.30 Å². The second-order valence-corrected chi connectivity index (χ2v) is 8.65. The first-order valence-corrected chi connectivity index (χ1v) is 10.5. The van der Waals surface area contributed by atoms with E-state index >= 15 is 0 Å². The second kappa shape index (κ2) is 7.32. The first-order chi connectivity index (χ1) is 11.0. The number of hydrogen-bond donors (Lipinski definition) is 0. The van der Waals surface area contributed by atoms with Gasteiger partial charge in [0, 0.05) is 19.4 Å². The van der Waals surface area contributed by atoms with E-state index in [2.05, 4.69) is 9.88 Å². The van der Waals surface area contributed by atoms with Crippen LogP contribution in [0, 0.1) is 0 Å². The van der Waals surface area contributed by atoms with Crippen molar-refractivity contribution in [3.63, 3.8) is 0 Å². The van der Waals surface area contributed by atoms with Crippen LogP contribution in [-0.4, -0.2) is 54.9 Å². The maximum atomic E-state index is 12.1. The second-order valence-electron chi connectivity index (χ2n) is 6.74. The Kier molecular flexibility index (Phi) is 5.38. The van der Waals surface area contributed by atoms with Gasteiger partial charge in [0.25, 0.3) is 0 Å². The average Bonchev–Trinajstić information content (AvgIpc) is 3.05. The van der Waals surface area contributed by atoms with Crippen molar-refractivity contribution in [3.05, 3.63) is 11.9 Å². The monoisotopic (exact) mass is 341 g/mol. The lowest BCUT2D eigenvalue weighted by molar-refractivity contribution is 0.0933. The molecule has 0 bridgehead atoms. The molecular formula is C16H27N3O3S. The van der Waals surface area contributed by atoms with E-state index < -0.39 is 9.84 Å². The summed E-state index contributed by atoms with van der Waals surface area (Å²) in [5.74, 6) is 0. The Morgan fingerprint density at radius 2 is 1.96 bits per heavy atom. The first kappa shape index (κ1) is 16.9. The van der Waals surface area contributed by atoms with Crippen molar-refractivity contribution in [1.29, 1.82) is 0 Å². The molecule has 0 aliphatic carbocycles. The Morgan fingerprint density at radius 3 is 2.57 bits per heavy atom. The van der Waals surface area contributed by atoms with E-state index in [9.17, 15) is 8.42 Å². The average molecular weight is 341 g/mol. The molecule has 130 valence electrons. The Balaban J connectivity index is 1.81. The number of nitrogens with zero attached hydrogens (tertiary/aromatic N) is 3. The molecule has 1 unspecified atom stereocenters. The predicted molar refractivity (Wildman–Crippen MR) is 88.1 cm³/mol. The summed E-state index contributed by atoms with van der Waals surface area (Å²) < 4.78 is 31.7. The van der Waals surface area contributed by atoms with E-state index in [1.807, 2.05) is 4.57 Å². The number of aromatic nitrogens is 2. The summed E-state index contributed by atoms with van der Waals surface area (Å²) in [6.07, 6.45) is 10.1. The molecule has 23 heavy (non-hydrogen) atoms. The molecule has 0 amide bonds. The molecule has 2 saturated heterocycles. The van der Waals surface area contributed by atoms with Crippen LogP contribution in [0.1, 0.15) is 44.2 Å². The molecule has 2 aliphatic heterocycles. The standard InChI is InChI=1S/C16H27N3O3S/c1-23(20,21)16-17-11-14(12-18-8-4-2-3-5-9-18)19(16)13-15-7-6-10-22-15/h11,15H,2-10,12-13H2,1H3. The summed E-state index contributed by atoms with van der Waals surface area (Å²) in [5, 5.41) is 0.179. The van der Waals surface area contributed by atoms with E-state index in [4.69, 9.17) is 4.74 Å². The Bertz CT molecular complexity index is 613. The van der Waals surface area contributed by atoms with E-state index in [0.717, 1.165) is 44.8 Å². The summed E-state index contributed by atoms with van der Waals surface area (Å²) in [4.78, 5) is 6.63. The van der Waals surface area contributed by atoms with Gasteiger partial charge in [-0.25, -0.2) is 13.4 Å². The zero-order chi connectivity index (χ0) is 16.3. The van der Waals surface area contributed by atoms with E-state index in [1.54, 1.807) is 6.20 Å². The largest absolute Gasteiger partial charge is 0.376 e. The minimum Gasteiger partial charge on any atom is -0.376 e. The molecule has 1 aromatic rings. The van der Waals surface area contributed by atoms with Crippen LogP contribution in [-0.2, 0) is 27.7 Å². The Morgan fingerprint density at radius 1 is 1.22 bits per heavy atom. The highest BCUT2D eigenvalue weighted by molar-refractivity contribution is 7.90. The lowest BCUT2D eigenvalue weighted by Gasteiger charge is -2.22. The number of rotatable bonds is 5. The van der Waals surface area contributed by atoms with Crippen LogP contribution in [0.25, 0.3) is 0 Å². The normalized spacial score (nSPS) is 24.0.